The number of benzene rings is 1. The summed E-state index contributed by atoms with van der Waals surface area (Å²) in [6.07, 6.45) is 7.87. The van der Waals surface area contributed by atoms with Crippen LogP contribution in [0.5, 0.6) is 0 Å². The summed E-state index contributed by atoms with van der Waals surface area (Å²) in [7, 11) is 1.97. The number of hydrogen-bond donors (Lipinski definition) is 0. The third-order valence-electron chi connectivity index (χ3n) is 5.66. The van der Waals surface area contributed by atoms with Gasteiger partial charge in [0.25, 0.3) is 0 Å². The average Bonchev–Trinajstić information content (AvgIpc) is 3.31. The van der Waals surface area contributed by atoms with Gasteiger partial charge in [0.15, 0.2) is 0 Å². The van der Waals surface area contributed by atoms with Crippen molar-refractivity contribution in [3.05, 3.63) is 65.5 Å². The van der Waals surface area contributed by atoms with Gasteiger partial charge in [0, 0.05) is 25.5 Å². The monoisotopic (exact) mass is 335 g/mol. The molecule has 2 heterocycles. The van der Waals surface area contributed by atoms with Crippen LogP contribution in [0.3, 0.4) is 0 Å². The minimum absolute atomic E-state index is 0.202. The zero-order valence-electron chi connectivity index (χ0n) is 14.8. The number of pyridine rings is 1. The van der Waals surface area contributed by atoms with Crippen LogP contribution < -0.4 is 0 Å². The van der Waals surface area contributed by atoms with E-state index in [0.717, 1.165) is 31.5 Å². The van der Waals surface area contributed by atoms with Gasteiger partial charge in [-0.15, -0.1) is 0 Å². The molecule has 1 amide bonds. The van der Waals surface area contributed by atoms with Gasteiger partial charge in [-0.25, -0.2) is 0 Å². The lowest BCUT2D eigenvalue weighted by Crippen LogP contribution is -2.45. The van der Waals surface area contributed by atoms with E-state index in [9.17, 15) is 4.79 Å². The highest BCUT2D eigenvalue weighted by Gasteiger charge is 2.35. The summed E-state index contributed by atoms with van der Waals surface area (Å²) in [5.74, 6) is 0.202. The van der Waals surface area contributed by atoms with Crippen molar-refractivity contribution in [2.45, 2.75) is 37.8 Å². The second-order valence-electron chi connectivity index (χ2n) is 7.21. The Labute approximate surface area is 149 Å². The Bertz CT molecular complexity index is 715. The van der Waals surface area contributed by atoms with Crippen LogP contribution in [-0.2, 0) is 17.6 Å². The van der Waals surface area contributed by atoms with Crippen molar-refractivity contribution in [2.24, 2.45) is 0 Å². The summed E-state index contributed by atoms with van der Waals surface area (Å²) in [5.41, 5.74) is 3.77. The van der Waals surface area contributed by atoms with Crippen molar-refractivity contribution in [1.29, 1.82) is 0 Å². The average molecular weight is 335 g/mol. The van der Waals surface area contributed by atoms with Crippen LogP contribution in [0.2, 0.25) is 0 Å². The number of carbonyl (C=O) groups is 1. The fraction of sp³-hybridized carbons (Fsp3) is 0.429. The molecule has 1 fully saturated rings. The molecule has 0 saturated carbocycles. The first-order valence-electron chi connectivity index (χ1n) is 9.21. The maximum absolute atomic E-state index is 13.4. The fourth-order valence-corrected chi connectivity index (χ4v) is 4.23. The number of amides is 1. The van der Waals surface area contributed by atoms with Crippen LogP contribution in [0, 0.1) is 0 Å². The van der Waals surface area contributed by atoms with Crippen molar-refractivity contribution in [1.82, 2.24) is 14.8 Å². The lowest BCUT2D eigenvalue weighted by molar-refractivity contribution is -0.137. The van der Waals surface area contributed by atoms with E-state index >= 15 is 0 Å². The van der Waals surface area contributed by atoms with Crippen LogP contribution in [0.4, 0.5) is 0 Å². The molecule has 2 aliphatic rings. The molecule has 4 rings (SSSR count). The van der Waals surface area contributed by atoms with Gasteiger partial charge < -0.3 is 4.90 Å². The largest absolute Gasteiger partial charge is 0.340 e. The van der Waals surface area contributed by atoms with Crippen molar-refractivity contribution < 1.29 is 4.79 Å². The fourth-order valence-electron chi connectivity index (χ4n) is 4.23. The number of hydrogen-bond acceptors (Lipinski definition) is 3. The van der Waals surface area contributed by atoms with E-state index in [1.165, 1.54) is 24.0 Å². The van der Waals surface area contributed by atoms with Gasteiger partial charge in [-0.2, -0.15) is 0 Å². The van der Waals surface area contributed by atoms with Crippen molar-refractivity contribution >= 4 is 5.91 Å². The summed E-state index contributed by atoms with van der Waals surface area (Å²) in [6, 6.07) is 12.6. The van der Waals surface area contributed by atoms with Crippen molar-refractivity contribution in [3.63, 3.8) is 0 Å². The number of aromatic nitrogens is 1. The van der Waals surface area contributed by atoms with Gasteiger partial charge >= 0.3 is 0 Å². The maximum Gasteiger partial charge on any atom is 0.244 e. The van der Waals surface area contributed by atoms with E-state index in [2.05, 4.69) is 34.1 Å². The molecule has 1 saturated heterocycles. The number of likely N-dealkylation sites (N-methyl/N-ethyl adjacent to an activating group) is 1. The van der Waals surface area contributed by atoms with Crippen LogP contribution >= 0.6 is 0 Å². The lowest BCUT2D eigenvalue weighted by atomic mass is 10.0. The predicted octanol–water partition coefficient (Wildman–Crippen LogP) is 2.84. The van der Waals surface area contributed by atoms with Gasteiger partial charge in [0.05, 0.1) is 0 Å². The summed E-state index contributed by atoms with van der Waals surface area (Å²) >= 11 is 0. The SMILES string of the molecule is CN(C(=O)C(c1cccnc1)N1CCCC1)C1Cc2ccccc2C1. The molecule has 25 heavy (non-hydrogen) atoms. The summed E-state index contributed by atoms with van der Waals surface area (Å²) in [6.45, 7) is 1.98. The van der Waals surface area contributed by atoms with Gasteiger partial charge in [0.2, 0.25) is 5.91 Å². The number of fused-ring (bicyclic) bond motifs is 1. The third kappa shape index (κ3) is 3.19. The molecule has 0 radical (unpaired) electrons. The highest BCUT2D eigenvalue weighted by molar-refractivity contribution is 5.83. The third-order valence-corrected chi connectivity index (χ3v) is 5.66. The van der Waals surface area contributed by atoms with Crippen LogP contribution in [0.25, 0.3) is 0 Å². The van der Waals surface area contributed by atoms with E-state index < -0.39 is 0 Å². The lowest BCUT2D eigenvalue weighted by Gasteiger charge is -2.33. The molecular formula is C21H25N3O. The zero-order valence-corrected chi connectivity index (χ0v) is 14.8. The molecule has 1 unspecified atom stereocenters. The highest BCUT2D eigenvalue weighted by atomic mass is 16.2. The first kappa shape index (κ1) is 16.3. The Kier molecular flexibility index (Phi) is 4.53. The molecule has 130 valence electrons. The van der Waals surface area contributed by atoms with E-state index in [1.54, 1.807) is 6.20 Å². The number of likely N-dealkylation sites (tertiary alicyclic amines) is 1. The smallest absolute Gasteiger partial charge is 0.244 e. The number of nitrogens with zero attached hydrogens (tertiary/aromatic N) is 3. The molecule has 1 aromatic heterocycles. The Balaban J connectivity index is 1.56. The van der Waals surface area contributed by atoms with Crippen LogP contribution in [-0.4, -0.2) is 46.9 Å². The Morgan fingerprint density at radius 3 is 2.40 bits per heavy atom. The second-order valence-corrected chi connectivity index (χ2v) is 7.21. The molecule has 0 bridgehead atoms. The molecule has 0 N–H and O–H groups in total. The topological polar surface area (TPSA) is 36.4 Å². The quantitative estimate of drug-likeness (QED) is 0.862. The van der Waals surface area contributed by atoms with Gasteiger partial charge in [0.1, 0.15) is 6.04 Å². The molecule has 1 atom stereocenters. The normalized spacial score (nSPS) is 18.9. The number of rotatable bonds is 4. The summed E-state index contributed by atoms with van der Waals surface area (Å²) in [4.78, 5) is 22.0. The minimum Gasteiger partial charge on any atom is -0.340 e. The number of carbonyl (C=O) groups excluding carboxylic acids is 1. The molecule has 1 aliphatic carbocycles. The predicted molar refractivity (Wildman–Crippen MR) is 98.2 cm³/mol. The molecule has 4 nitrogen and oxygen atoms in total. The Morgan fingerprint density at radius 2 is 1.80 bits per heavy atom. The molecule has 2 aromatic rings. The van der Waals surface area contributed by atoms with Crippen molar-refractivity contribution in [2.75, 3.05) is 20.1 Å². The minimum atomic E-state index is -0.204. The molecular weight excluding hydrogens is 310 g/mol. The van der Waals surface area contributed by atoms with Gasteiger partial charge in [-0.3, -0.25) is 14.7 Å². The molecule has 1 aromatic carbocycles. The van der Waals surface area contributed by atoms with E-state index in [-0.39, 0.29) is 18.0 Å². The van der Waals surface area contributed by atoms with Gasteiger partial charge in [-0.1, -0.05) is 30.3 Å². The molecule has 0 spiro atoms. The first-order chi connectivity index (χ1) is 12.2. The highest BCUT2D eigenvalue weighted by Crippen LogP contribution is 2.30. The molecule has 4 heteroatoms. The Morgan fingerprint density at radius 1 is 1.12 bits per heavy atom. The van der Waals surface area contributed by atoms with Gasteiger partial charge in [-0.05, 0) is 61.5 Å². The van der Waals surface area contributed by atoms with E-state index in [4.69, 9.17) is 0 Å². The first-order valence-corrected chi connectivity index (χ1v) is 9.21. The van der Waals surface area contributed by atoms with E-state index in [0.29, 0.717) is 0 Å². The van der Waals surface area contributed by atoms with E-state index in [1.807, 2.05) is 30.3 Å². The van der Waals surface area contributed by atoms with Crippen LogP contribution in [0.1, 0.15) is 35.6 Å². The zero-order chi connectivity index (χ0) is 17.2. The standard InChI is InChI=1S/C21H25N3O/c1-23(19-13-16-7-2-3-8-17(16)14-19)21(25)20(24-11-4-5-12-24)18-9-6-10-22-15-18/h2-3,6-10,15,19-20H,4-5,11-14H2,1H3. The second kappa shape index (κ2) is 6.96. The molecule has 1 aliphatic heterocycles. The Hall–Kier alpha value is -2.20. The van der Waals surface area contributed by atoms with Crippen molar-refractivity contribution in [3.8, 4) is 0 Å². The summed E-state index contributed by atoms with van der Waals surface area (Å²) in [5, 5.41) is 0. The van der Waals surface area contributed by atoms with Crippen LogP contribution in [0.15, 0.2) is 48.8 Å². The maximum atomic E-state index is 13.4. The summed E-state index contributed by atoms with van der Waals surface area (Å²) < 4.78 is 0.